The number of hydrazone groups is 1. The number of anilines is 1. The van der Waals surface area contributed by atoms with Gasteiger partial charge in [-0.2, -0.15) is 31.4 Å². The standard InChI is InChI=1S/C18H11F6N3O/c19-17(20,21)12-3-1-2-11(8-12)15-6-5-14(28-15)10-26-27-16-7-4-13(9-25-16)18(22,23)24/h1-10H,(H,25,27)/b26-10-. The summed E-state index contributed by atoms with van der Waals surface area (Å²) in [7, 11) is 0. The first-order valence-corrected chi connectivity index (χ1v) is 7.73. The summed E-state index contributed by atoms with van der Waals surface area (Å²) >= 11 is 0. The molecule has 4 nitrogen and oxygen atoms in total. The van der Waals surface area contributed by atoms with E-state index >= 15 is 0 Å². The van der Waals surface area contributed by atoms with E-state index in [1.807, 2.05) is 0 Å². The van der Waals surface area contributed by atoms with Gasteiger partial charge in [0.1, 0.15) is 17.3 Å². The Hall–Kier alpha value is -3.30. The van der Waals surface area contributed by atoms with Gasteiger partial charge in [0.25, 0.3) is 0 Å². The van der Waals surface area contributed by atoms with E-state index in [-0.39, 0.29) is 22.9 Å². The summed E-state index contributed by atoms with van der Waals surface area (Å²) in [6.07, 6.45) is -7.07. The van der Waals surface area contributed by atoms with Gasteiger partial charge in [0.15, 0.2) is 0 Å². The number of rotatable bonds is 4. The molecule has 0 aliphatic carbocycles. The number of alkyl halides is 6. The highest BCUT2D eigenvalue weighted by atomic mass is 19.4. The third kappa shape index (κ3) is 4.70. The highest BCUT2D eigenvalue weighted by Gasteiger charge is 2.31. The van der Waals surface area contributed by atoms with Gasteiger partial charge in [0.2, 0.25) is 0 Å². The number of hydrogen-bond donors (Lipinski definition) is 1. The van der Waals surface area contributed by atoms with Crippen LogP contribution in [0.3, 0.4) is 0 Å². The number of furan rings is 1. The largest absolute Gasteiger partial charge is 0.455 e. The van der Waals surface area contributed by atoms with Crippen LogP contribution >= 0.6 is 0 Å². The molecular formula is C18H11F6N3O. The Morgan fingerprint density at radius 2 is 1.64 bits per heavy atom. The first kappa shape index (κ1) is 19.5. The van der Waals surface area contributed by atoms with Crippen molar-refractivity contribution in [3.8, 4) is 11.3 Å². The molecule has 2 heterocycles. The first-order chi connectivity index (χ1) is 13.1. The second-order valence-corrected chi connectivity index (χ2v) is 5.58. The van der Waals surface area contributed by atoms with Crippen molar-refractivity contribution in [2.75, 3.05) is 5.43 Å². The summed E-state index contributed by atoms with van der Waals surface area (Å²) in [5.74, 6) is 0.515. The highest BCUT2D eigenvalue weighted by molar-refractivity contribution is 5.78. The van der Waals surface area contributed by atoms with E-state index in [4.69, 9.17) is 4.42 Å². The van der Waals surface area contributed by atoms with Gasteiger partial charge in [0.05, 0.1) is 17.3 Å². The Bertz CT molecular complexity index is 974. The summed E-state index contributed by atoms with van der Waals surface area (Å²) in [6.45, 7) is 0. The number of aromatic nitrogens is 1. The van der Waals surface area contributed by atoms with E-state index in [9.17, 15) is 26.3 Å². The van der Waals surface area contributed by atoms with Crippen molar-refractivity contribution in [1.82, 2.24) is 4.98 Å². The van der Waals surface area contributed by atoms with Crippen molar-refractivity contribution in [3.05, 3.63) is 71.6 Å². The van der Waals surface area contributed by atoms with Crippen LogP contribution in [0.2, 0.25) is 0 Å². The normalized spacial score (nSPS) is 12.5. The molecular weight excluding hydrogens is 388 g/mol. The molecule has 0 radical (unpaired) electrons. The van der Waals surface area contributed by atoms with Gasteiger partial charge in [-0.3, -0.25) is 5.43 Å². The molecule has 1 N–H and O–H groups in total. The average molecular weight is 399 g/mol. The van der Waals surface area contributed by atoms with Crippen LogP contribution in [0.4, 0.5) is 32.2 Å². The van der Waals surface area contributed by atoms with Crippen molar-refractivity contribution >= 4 is 12.0 Å². The second-order valence-electron chi connectivity index (χ2n) is 5.58. The molecule has 0 aliphatic heterocycles. The SMILES string of the molecule is FC(F)(F)c1ccc(N/N=C\c2ccc(-c3cccc(C(F)(F)F)c3)o2)nc1. The van der Waals surface area contributed by atoms with Crippen molar-refractivity contribution in [3.63, 3.8) is 0 Å². The van der Waals surface area contributed by atoms with E-state index in [0.717, 1.165) is 24.3 Å². The molecule has 0 spiro atoms. The van der Waals surface area contributed by atoms with Gasteiger partial charge in [0, 0.05) is 11.8 Å². The van der Waals surface area contributed by atoms with E-state index < -0.39 is 23.5 Å². The Morgan fingerprint density at radius 3 is 2.29 bits per heavy atom. The van der Waals surface area contributed by atoms with Gasteiger partial charge >= 0.3 is 12.4 Å². The molecule has 0 bridgehead atoms. The molecule has 28 heavy (non-hydrogen) atoms. The van der Waals surface area contributed by atoms with Crippen LogP contribution in [-0.2, 0) is 12.4 Å². The molecule has 0 fully saturated rings. The quantitative estimate of drug-likeness (QED) is 0.341. The van der Waals surface area contributed by atoms with Crippen LogP contribution in [0.25, 0.3) is 11.3 Å². The fraction of sp³-hybridized carbons (Fsp3) is 0.111. The molecule has 3 rings (SSSR count). The van der Waals surface area contributed by atoms with Crippen LogP contribution in [0.15, 0.2) is 64.2 Å². The average Bonchev–Trinajstić information content (AvgIpc) is 3.10. The smallest absolute Gasteiger partial charge is 0.417 e. The maximum atomic E-state index is 12.8. The van der Waals surface area contributed by atoms with Gasteiger partial charge < -0.3 is 4.42 Å². The van der Waals surface area contributed by atoms with Crippen LogP contribution in [0.1, 0.15) is 16.9 Å². The maximum absolute atomic E-state index is 12.8. The Labute approximate surface area is 154 Å². The molecule has 3 aromatic rings. The molecule has 0 atom stereocenters. The van der Waals surface area contributed by atoms with Crippen LogP contribution in [-0.4, -0.2) is 11.2 Å². The van der Waals surface area contributed by atoms with Crippen molar-refractivity contribution < 1.29 is 30.8 Å². The predicted molar refractivity (Wildman–Crippen MR) is 89.6 cm³/mol. The number of pyridine rings is 1. The number of halogens is 6. The Morgan fingerprint density at radius 1 is 0.893 bits per heavy atom. The lowest BCUT2D eigenvalue weighted by atomic mass is 10.1. The minimum Gasteiger partial charge on any atom is -0.455 e. The molecule has 1 aromatic carbocycles. The fourth-order valence-electron chi connectivity index (χ4n) is 2.22. The van der Waals surface area contributed by atoms with E-state index in [1.54, 1.807) is 0 Å². The first-order valence-electron chi connectivity index (χ1n) is 7.73. The number of nitrogens with one attached hydrogen (secondary N) is 1. The van der Waals surface area contributed by atoms with E-state index in [0.29, 0.717) is 6.20 Å². The maximum Gasteiger partial charge on any atom is 0.417 e. The van der Waals surface area contributed by atoms with E-state index in [1.165, 1.54) is 30.5 Å². The van der Waals surface area contributed by atoms with Crippen molar-refractivity contribution in [1.29, 1.82) is 0 Å². The Balaban J connectivity index is 1.68. The Kier molecular flexibility index (Phi) is 5.12. The van der Waals surface area contributed by atoms with Crippen LogP contribution in [0.5, 0.6) is 0 Å². The zero-order valence-corrected chi connectivity index (χ0v) is 13.8. The number of hydrogen-bond acceptors (Lipinski definition) is 4. The third-order valence-electron chi connectivity index (χ3n) is 3.56. The zero-order valence-electron chi connectivity index (χ0n) is 13.8. The number of nitrogens with zero attached hydrogens (tertiary/aromatic N) is 2. The summed E-state index contributed by atoms with van der Waals surface area (Å²) in [5.41, 5.74) is 0.985. The summed E-state index contributed by atoms with van der Waals surface area (Å²) < 4.78 is 81.1. The molecule has 0 unspecified atom stereocenters. The second kappa shape index (κ2) is 7.37. The van der Waals surface area contributed by atoms with Gasteiger partial charge in [-0.1, -0.05) is 12.1 Å². The minimum atomic E-state index is -4.48. The molecule has 146 valence electrons. The molecule has 0 saturated carbocycles. The summed E-state index contributed by atoms with van der Waals surface area (Å²) in [6, 6.07) is 9.58. The molecule has 0 saturated heterocycles. The fourth-order valence-corrected chi connectivity index (χ4v) is 2.22. The minimum absolute atomic E-state index is 0.0777. The lowest BCUT2D eigenvalue weighted by molar-refractivity contribution is -0.138. The molecule has 2 aromatic heterocycles. The molecule has 10 heteroatoms. The number of benzene rings is 1. The van der Waals surface area contributed by atoms with Gasteiger partial charge in [-0.15, -0.1) is 0 Å². The third-order valence-corrected chi connectivity index (χ3v) is 3.56. The molecule has 0 amide bonds. The van der Waals surface area contributed by atoms with Crippen LogP contribution < -0.4 is 5.43 Å². The zero-order chi connectivity index (χ0) is 20.4. The predicted octanol–water partition coefficient (Wildman–Crippen LogP) is 5.83. The van der Waals surface area contributed by atoms with Crippen molar-refractivity contribution in [2.24, 2.45) is 5.10 Å². The van der Waals surface area contributed by atoms with Gasteiger partial charge in [-0.05, 0) is 36.4 Å². The molecule has 0 aliphatic rings. The monoisotopic (exact) mass is 399 g/mol. The summed E-state index contributed by atoms with van der Waals surface area (Å²) in [4.78, 5) is 3.58. The highest BCUT2D eigenvalue weighted by Crippen LogP contribution is 2.32. The lowest BCUT2D eigenvalue weighted by Gasteiger charge is -2.07. The van der Waals surface area contributed by atoms with Gasteiger partial charge in [-0.25, -0.2) is 4.98 Å². The van der Waals surface area contributed by atoms with Crippen molar-refractivity contribution in [2.45, 2.75) is 12.4 Å². The summed E-state index contributed by atoms with van der Waals surface area (Å²) in [5, 5.41) is 3.78. The van der Waals surface area contributed by atoms with E-state index in [2.05, 4.69) is 15.5 Å². The lowest BCUT2D eigenvalue weighted by Crippen LogP contribution is -2.05. The van der Waals surface area contributed by atoms with Crippen LogP contribution in [0, 0.1) is 0 Å². The topological polar surface area (TPSA) is 50.4 Å².